The summed E-state index contributed by atoms with van der Waals surface area (Å²) in [7, 11) is 0. The van der Waals surface area contributed by atoms with Gasteiger partial charge in [0.15, 0.2) is 0 Å². The lowest BCUT2D eigenvalue weighted by Crippen LogP contribution is -2.53. The van der Waals surface area contributed by atoms with E-state index in [1.807, 2.05) is 0 Å². The van der Waals surface area contributed by atoms with Crippen molar-refractivity contribution in [2.45, 2.75) is 38.5 Å². The molecule has 2 fully saturated rings. The topological polar surface area (TPSA) is 57.6 Å². The second-order valence-corrected chi connectivity index (χ2v) is 4.59. The van der Waals surface area contributed by atoms with Crippen molar-refractivity contribution in [3.63, 3.8) is 0 Å². The summed E-state index contributed by atoms with van der Waals surface area (Å²) in [5.74, 6) is -1.06. The van der Waals surface area contributed by atoms with Crippen molar-refractivity contribution in [3.05, 3.63) is 0 Å². The largest absolute Gasteiger partial charge is 0.480 e. The minimum absolute atomic E-state index is 0.138. The average molecular weight is 211 g/mol. The van der Waals surface area contributed by atoms with Crippen LogP contribution in [0.15, 0.2) is 0 Å². The number of rotatable bonds is 2. The molecule has 2 rings (SSSR count). The number of carbonyl (C=O) groups excluding carboxylic acids is 1. The van der Waals surface area contributed by atoms with Gasteiger partial charge in [-0.2, -0.15) is 0 Å². The number of hydrogen-bond acceptors (Lipinski definition) is 2. The molecule has 1 amide bonds. The molecule has 0 aromatic rings. The van der Waals surface area contributed by atoms with Crippen molar-refractivity contribution in [2.24, 2.45) is 5.41 Å². The molecule has 0 aromatic carbocycles. The van der Waals surface area contributed by atoms with E-state index in [9.17, 15) is 9.59 Å². The number of amides is 1. The SMILES string of the molecule is O=C(O)C1(C(=O)N2CCCCC2)CCC1. The van der Waals surface area contributed by atoms with Gasteiger partial charge in [-0.05, 0) is 32.1 Å². The van der Waals surface area contributed by atoms with E-state index in [0.717, 1.165) is 38.8 Å². The third-order valence-electron chi connectivity index (χ3n) is 3.67. The highest BCUT2D eigenvalue weighted by molar-refractivity contribution is 6.02. The van der Waals surface area contributed by atoms with Gasteiger partial charge in [-0.1, -0.05) is 6.42 Å². The Morgan fingerprint density at radius 3 is 2.00 bits per heavy atom. The first-order valence-corrected chi connectivity index (χ1v) is 5.70. The lowest BCUT2D eigenvalue weighted by molar-refractivity contribution is -0.167. The van der Waals surface area contributed by atoms with Crippen molar-refractivity contribution in [1.82, 2.24) is 4.90 Å². The van der Waals surface area contributed by atoms with Crippen LogP contribution in [-0.2, 0) is 9.59 Å². The molecule has 84 valence electrons. The molecule has 0 aromatic heterocycles. The molecule has 0 bridgehead atoms. The maximum atomic E-state index is 12.1. The Kier molecular flexibility index (Phi) is 2.67. The van der Waals surface area contributed by atoms with Crippen molar-refractivity contribution >= 4 is 11.9 Å². The molecule has 4 nitrogen and oxygen atoms in total. The quantitative estimate of drug-likeness (QED) is 0.699. The Hall–Kier alpha value is -1.06. The standard InChI is InChI=1S/C11H17NO3/c13-9(12-7-2-1-3-8-12)11(10(14)15)5-4-6-11/h1-8H2,(H,14,15). The fourth-order valence-corrected chi connectivity index (χ4v) is 2.45. The summed E-state index contributed by atoms with van der Waals surface area (Å²) < 4.78 is 0. The molecule has 1 saturated heterocycles. The highest BCUT2D eigenvalue weighted by Crippen LogP contribution is 2.43. The number of likely N-dealkylation sites (tertiary alicyclic amines) is 1. The molecule has 0 unspecified atom stereocenters. The van der Waals surface area contributed by atoms with E-state index < -0.39 is 11.4 Å². The Bertz CT molecular complexity index is 278. The minimum atomic E-state index is -1.06. The summed E-state index contributed by atoms with van der Waals surface area (Å²) in [4.78, 5) is 25.0. The van der Waals surface area contributed by atoms with Gasteiger partial charge in [-0.15, -0.1) is 0 Å². The summed E-state index contributed by atoms with van der Waals surface area (Å²) in [5.41, 5.74) is -1.06. The molecule has 0 radical (unpaired) electrons. The fourth-order valence-electron chi connectivity index (χ4n) is 2.45. The third kappa shape index (κ3) is 1.62. The first kappa shape index (κ1) is 10.5. The van der Waals surface area contributed by atoms with Crippen LogP contribution in [0.5, 0.6) is 0 Å². The van der Waals surface area contributed by atoms with Gasteiger partial charge in [0, 0.05) is 13.1 Å². The number of piperidine rings is 1. The fraction of sp³-hybridized carbons (Fsp3) is 0.818. The maximum absolute atomic E-state index is 12.1. The number of hydrogen-bond donors (Lipinski definition) is 1. The summed E-state index contributed by atoms with van der Waals surface area (Å²) in [6, 6.07) is 0. The Balaban J connectivity index is 2.07. The number of carboxylic acids is 1. The molecule has 1 N–H and O–H groups in total. The zero-order valence-corrected chi connectivity index (χ0v) is 8.87. The highest BCUT2D eigenvalue weighted by atomic mass is 16.4. The van der Waals surface area contributed by atoms with E-state index in [-0.39, 0.29) is 5.91 Å². The molecule has 1 saturated carbocycles. The summed E-state index contributed by atoms with van der Waals surface area (Å²) in [5, 5.41) is 9.14. The summed E-state index contributed by atoms with van der Waals surface area (Å²) in [6.45, 7) is 1.49. The maximum Gasteiger partial charge on any atom is 0.319 e. The monoisotopic (exact) mass is 211 g/mol. The molecule has 0 spiro atoms. The van der Waals surface area contributed by atoms with E-state index in [1.54, 1.807) is 4.90 Å². The number of aliphatic carboxylic acids is 1. The molecular formula is C11H17NO3. The van der Waals surface area contributed by atoms with Crippen LogP contribution in [-0.4, -0.2) is 35.0 Å². The van der Waals surface area contributed by atoms with E-state index in [2.05, 4.69) is 0 Å². The molecule has 1 aliphatic heterocycles. The van der Waals surface area contributed by atoms with Gasteiger partial charge in [-0.3, -0.25) is 9.59 Å². The predicted octanol–water partition coefficient (Wildman–Crippen LogP) is 1.25. The Labute approximate surface area is 89.3 Å². The van der Waals surface area contributed by atoms with Gasteiger partial charge in [-0.25, -0.2) is 0 Å². The lowest BCUT2D eigenvalue weighted by atomic mass is 9.67. The molecule has 1 aliphatic carbocycles. The molecule has 4 heteroatoms. The van der Waals surface area contributed by atoms with Gasteiger partial charge >= 0.3 is 5.97 Å². The number of nitrogens with zero attached hydrogens (tertiary/aromatic N) is 1. The van der Waals surface area contributed by atoms with Crippen molar-refractivity contribution < 1.29 is 14.7 Å². The normalized spacial score (nSPS) is 24.4. The van der Waals surface area contributed by atoms with Gasteiger partial charge < -0.3 is 10.0 Å². The first-order chi connectivity index (χ1) is 7.17. The Morgan fingerprint density at radius 2 is 1.60 bits per heavy atom. The van der Waals surface area contributed by atoms with Crippen molar-refractivity contribution in [3.8, 4) is 0 Å². The molecule has 2 aliphatic rings. The highest BCUT2D eigenvalue weighted by Gasteiger charge is 2.52. The molecule has 15 heavy (non-hydrogen) atoms. The van der Waals surface area contributed by atoms with Crippen LogP contribution in [0.1, 0.15) is 38.5 Å². The van der Waals surface area contributed by atoms with Gasteiger partial charge in [0.1, 0.15) is 5.41 Å². The van der Waals surface area contributed by atoms with Gasteiger partial charge in [0.2, 0.25) is 5.91 Å². The van der Waals surface area contributed by atoms with Crippen LogP contribution >= 0.6 is 0 Å². The van der Waals surface area contributed by atoms with Crippen LogP contribution in [0.2, 0.25) is 0 Å². The van der Waals surface area contributed by atoms with E-state index in [1.165, 1.54) is 0 Å². The van der Waals surface area contributed by atoms with E-state index >= 15 is 0 Å². The van der Waals surface area contributed by atoms with Gasteiger partial charge in [0.05, 0.1) is 0 Å². The zero-order valence-electron chi connectivity index (χ0n) is 8.87. The van der Waals surface area contributed by atoms with Crippen molar-refractivity contribution in [1.29, 1.82) is 0 Å². The summed E-state index contributed by atoms with van der Waals surface area (Å²) in [6.07, 6.45) is 5.11. The van der Waals surface area contributed by atoms with E-state index in [0.29, 0.717) is 12.8 Å². The van der Waals surface area contributed by atoms with Gasteiger partial charge in [0.25, 0.3) is 0 Å². The van der Waals surface area contributed by atoms with Crippen LogP contribution in [0.4, 0.5) is 0 Å². The second kappa shape index (κ2) is 3.83. The predicted molar refractivity (Wildman–Crippen MR) is 54.4 cm³/mol. The first-order valence-electron chi connectivity index (χ1n) is 5.70. The zero-order chi connectivity index (χ0) is 10.9. The second-order valence-electron chi connectivity index (χ2n) is 4.59. The molecule has 1 heterocycles. The average Bonchev–Trinajstić information content (AvgIpc) is 2.16. The molecule has 0 atom stereocenters. The summed E-state index contributed by atoms with van der Waals surface area (Å²) >= 11 is 0. The van der Waals surface area contributed by atoms with Crippen molar-refractivity contribution in [2.75, 3.05) is 13.1 Å². The van der Waals surface area contributed by atoms with Crippen LogP contribution < -0.4 is 0 Å². The third-order valence-corrected chi connectivity index (χ3v) is 3.67. The van der Waals surface area contributed by atoms with Crippen LogP contribution in [0.25, 0.3) is 0 Å². The molecular weight excluding hydrogens is 194 g/mol. The van der Waals surface area contributed by atoms with Crippen LogP contribution in [0.3, 0.4) is 0 Å². The Morgan fingerprint density at radius 1 is 1.00 bits per heavy atom. The number of carbonyl (C=O) groups is 2. The number of carboxylic acid groups (broad SMARTS) is 1. The lowest BCUT2D eigenvalue weighted by Gasteiger charge is -2.41. The van der Waals surface area contributed by atoms with E-state index in [4.69, 9.17) is 5.11 Å². The smallest absolute Gasteiger partial charge is 0.319 e. The van der Waals surface area contributed by atoms with Crippen LogP contribution in [0, 0.1) is 5.41 Å². The minimum Gasteiger partial charge on any atom is -0.480 e.